The molecule has 0 aromatic heterocycles. The highest BCUT2D eigenvalue weighted by Crippen LogP contribution is 2.23. The first-order valence-corrected chi connectivity index (χ1v) is 9.80. The molecule has 0 spiro atoms. The zero-order valence-corrected chi connectivity index (χ0v) is 15.8. The van der Waals surface area contributed by atoms with Crippen molar-refractivity contribution in [3.8, 4) is 0 Å². The monoisotopic (exact) mass is 416 g/mol. The van der Waals surface area contributed by atoms with Crippen LogP contribution in [0, 0.1) is 10.1 Å². The highest BCUT2D eigenvalue weighted by atomic mass is 35.5. The summed E-state index contributed by atoms with van der Waals surface area (Å²) in [6, 6.07) is 16.7. The molecule has 0 atom stereocenters. The van der Waals surface area contributed by atoms with Gasteiger partial charge in [-0.3, -0.25) is 14.9 Å². The topological polar surface area (TPSA) is 106 Å². The second kappa shape index (κ2) is 7.79. The molecule has 0 saturated carbocycles. The van der Waals surface area contributed by atoms with Crippen molar-refractivity contribution < 1.29 is 18.1 Å². The van der Waals surface area contributed by atoms with Gasteiger partial charge in [-0.25, -0.2) is 8.42 Å². The number of sulfone groups is 1. The molecule has 1 amide bonds. The van der Waals surface area contributed by atoms with Gasteiger partial charge in [0.05, 0.1) is 14.7 Å². The zero-order chi connectivity index (χ0) is 20.3. The van der Waals surface area contributed by atoms with Gasteiger partial charge in [0, 0.05) is 28.4 Å². The fourth-order valence-electron chi connectivity index (χ4n) is 2.44. The van der Waals surface area contributed by atoms with E-state index in [0.29, 0.717) is 5.02 Å². The Morgan fingerprint density at radius 1 is 0.929 bits per heavy atom. The van der Waals surface area contributed by atoms with Gasteiger partial charge < -0.3 is 5.32 Å². The number of carbonyl (C=O) groups excluding carboxylic acids is 1. The van der Waals surface area contributed by atoms with Crippen LogP contribution in [0.2, 0.25) is 5.02 Å². The molecule has 1 N–H and O–H groups in total. The lowest BCUT2D eigenvalue weighted by Gasteiger charge is -2.07. The third-order valence-corrected chi connectivity index (χ3v) is 5.90. The minimum atomic E-state index is -3.74. The van der Waals surface area contributed by atoms with E-state index in [9.17, 15) is 23.3 Å². The Kier molecular flexibility index (Phi) is 5.43. The van der Waals surface area contributed by atoms with Gasteiger partial charge in [-0.1, -0.05) is 17.7 Å². The molecule has 9 heteroatoms. The van der Waals surface area contributed by atoms with Gasteiger partial charge in [-0.2, -0.15) is 0 Å². The number of nitro groups is 1. The maximum Gasteiger partial charge on any atom is 0.271 e. The second-order valence-electron chi connectivity index (χ2n) is 5.74. The Hall–Kier alpha value is -3.23. The van der Waals surface area contributed by atoms with Crippen LogP contribution in [0.1, 0.15) is 10.4 Å². The van der Waals surface area contributed by atoms with E-state index in [4.69, 9.17) is 11.6 Å². The van der Waals surface area contributed by atoms with Gasteiger partial charge >= 0.3 is 0 Å². The fraction of sp³-hybridized carbons (Fsp3) is 0. The van der Waals surface area contributed by atoms with Crippen molar-refractivity contribution in [3.05, 3.63) is 93.5 Å². The van der Waals surface area contributed by atoms with Crippen LogP contribution in [0.25, 0.3) is 0 Å². The number of anilines is 1. The first-order valence-electron chi connectivity index (χ1n) is 7.94. The van der Waals surface area contributed by atoms with Crippen molar-refractivity contribution in [3.63, 3.8) is 0 Å². The average Bonchev–Trinajstić information content (AvgIpc) is 2.68. The minimum Gasteiger partial charge on any atom is -0.322 e. The third kappa shape index (κ3) is 4.19. The molecule has 0 fully saturated rings. The number of hydrogen-bond acceptors (Lipinski definition) is 5. The molecular weight excluding hydrogens is 404 g/mol. The number of rotatable bonds is 5. The second-order valence-corrected chi connectivity index (χ2v) is 8.13. The third-order valence-electron chi connectivity index (χ3n) is 3.87. The summed E-state index contributed by atoms with van der Waals surface area (Å²) in [6.07, 6.45) is 0. The standard InChI is InChI=1S/C19H13ClN2O5S/c20-14-6-10-18(11-7-14)28(26,27)17-8-4-13(5-9-17)19(23)21-15-2-1-3-16(12-15)22(24)25/h1-12H,(H,21,23). The summed E-state index contributed by atoms with van der Waals surface area (Å²) in [5.74, 6) is -0.518. The largest absolute Gasteiger partial charge is 0.322 e. The van der Waals surface area contributed by atoms with Crippen LogP contribution in [0.4, 0.5) is 11.4 Å². The molecule has 0 aliphatic heterocycles. The average molecular weight is 417 g/mol. The summed E-state index contributed by atoms with van der Waals surface area (Å²) in [6.45, 7) is 0. The number of halogens is 1. The highest BCUT2D eigenvalue weighted by Gasteiger charge is 2.18. The summed E-state index contributed by atoms with van der Waals surface area (Å²) < 4.78 is 25.2. The Morgan fingerprint density at radius 2 is 1.50 bits per heavy atom. The van der Waals surface area contributed by atoms with E-state index in [1.807, 2.05) is 0 Å². The molecule has 0 aliphatic rings. The zero-order valence-electron chi connectivity index (χ0n) is 14.2. The Balaban J connectivity index is 1.80. The molecule has 3 aromatic carbocycles. The summed E-state index contributed by atoms with van der Waals surface area (Å²) in [5.41, 5.74) is 0.320. The molecule has 3 rings (SSSR count). The number of nitrogens with zero attached hydrogens (tertiary/aromatic N) is 1. The number of hydrogen-bond donors (Lipinski definition) is 1. The van der Waals surface area contributed by atoms with Gasteiger partial charge in [-0.05, 0) is 54.6 Å². The molecule has 7 nitrogen and oxygen atoms in total. The maximum absolute atomic E-state index is 12.6. The minimum absolute atomic E-state index is 0.0294. The molecule has 142 valence electrons. The fourth-order valence-corrected chi connectivity index (χ4v) is 3.82. The van der Waals surface area contributed by atoms with E-state index < -0.39 is 20.7 Å². The van der Waals surface area contributed by atoms with Crippen LogP contribution in [0.3, 0.4) is 0 Å². The Morgan fingerprint density at radius 3 is 2.07 bits per heavy atom. The lowest BCUT2D eigenvalue weighted by molar-refractivity contribution is -0.384. The summed E-state index contributed by atoms with van der Waals surface area (Å²) in [5, 5.41) is 13.8. The van der Waals surface area contributed by atoms with E-state index in [1.54, 1.807) is 0 Å². The van der Waals surface area contributed by atoms with Crippen molar-refractivity contribution in [2.45, 2.75) is 9.79 Å². The van der Waals surface area contributed by atoms with Gasteiger partial charge in [0.15, 0.2) is 0 Å². The lowest BCUT2D eigenvalue weighted by atomic mass is 10.2. The number of amides is 1. The molecule has 0 saturated heterocycles. The van der Waals surface area contributed by atoms with Crippen LogP contribution >= 0.6 is 11.6 Å². The molecule has 0 bridgehead atoms. The first kappa shape index (κ1) is 19.5. The van der Waals surface area contributed by atoms with Crippen molar-refractivity contribution in [1.29, 1.82) is 0 Å². The van der Waals surface area contributed by atoms with Crippen molar-refractivity contribution in [1.82, 2.24) is 0 Å². The van der Waals surface area contributed by atoms with Crippen molar-refractivity contribution in [2.24, 2.45) is 0 Å². The normalized spacial score (nSPS) is 11.0. The molecule has 3 aromatic rings. The molecular formula is C19H13ClN2O5S. The summed E-state index contributed by atoms with van der Waals surface area (Å²) >= 11 is 5.78. The van der Waals surface area contributed by atoms with Gasteiger partial charge in [0.2, 0.25) is 9.84 Å². The van der Waals surface area contributed by atoms with Crippen LogP contribution in [-0.4, -0.2) is 19.2 Å². The van der Waals surface area contributed by atoms with Gasteiger partial charge in [0.25, 0.3) is 11.6 Å². The van der Waals surface area contributed by atoms with Gasteiger partial charge in [-0.15, -0.1) is 0 Å². The van der Waals surface area contributed by atoms with Crippen LogP contribution in [-0.2, 0) is 9.84 Å². The predicted octanol–water partition coefficient (Wildman–Crippen LogP) is 4.33. The smallest absolute Gasteiger partial charge is 0.271 e. The quantitative estimate of drug-likeness (QED) is 0.492. The van der Waals surface area contributed by atoms with E-state index in [0.717, 1.165) is 0 Å². The Bertz CT molecular complexity index is 1140. The molecule has 0 unspecified atom stereocenters. The molecule has 0 heterocycles. The first-order chi connectivity index (χ1) is 13.3. The summed E-state index contributed by atoms with van der Waals surface area (Å²) in [7, 11) is -3.74. The number of carbonyl (C=O) groups is 1. The molecule has 0 aliphatic carbocycles. The van der Waals surface area contributed by atoms with E-state index >= 15 is 0 Å². The predicted molar refractivity (Wildman–Crippen MR) is 104 cm³/mol. The van der Waals surface area contributed by atoms with Crippen molar-refractivity contribution >= 4 is 38.7 Å². The number of nitrogens with one attached hydrogen (secondary N) is 1. The van der Waals surface area contributed by atoms with Crippen LogP contribution in [0.5, 0.6) is 0 Å². The number of benzene rings is 3. The van der Waals surface area contributed by atoms with E-state index in [1.165, 1.54) is 72.8 Å². The molecule has 28 heavy (non-hydrogen) atoms. The number of nitro benzene ring substituents is 1. The lowest BCUT2D eigenvalue weighted by Crippen LogP contribution is -2.12. The maximum atomic E-state index is 12.6. The Labute approximate surface area is 165 Å². The summed E-state index contributed by atoms with van der Waals surface area (Å²) in [4.78, 5) is 22.7. The van der Waals surface area contributed by atoms with Gasteiger partial charge in [0.1, 0.15) is 0 Å². The SMILES string of the molecule is O=C(Nc1cccc([N+](=O)[O-])c1)c1ccc(S(=O)(=O)c2ccc(Cl)cc2)cc1. The molecule has 0 radical (unpaired) electrons. The number of non-ortho nitro benzene ring substituents is 1. The van der Waals surface area contributed by atoms with Crippen LogP contribution in [0.15, 0.2) is 82.6 Å². The van der Waals surface area contributed by atoms with E-state index in [2.05, 4.69) is 5.32 Å². The van der Waals surface area contributed by atoms with E-state index in [-0.39, 0.29) is 26.7 Å². The van der Waals surface area contributed by atoms with Crippen LogP contribution < -0.4 is 5.32 Å². The van der Waals surface area contributed by atoms with Crippen molar-refractivity contribution in [2.75, 3.05) is 5.32 Å². The highest BCUT2D eigenvalue weighted by molar-refractivity contribution is 7.91.